The third kappa shape index (κ3) is 2.61. The Morgan fingerprint density at radius 3 is 2.86 bits per heavy atom. The number of carbonyl (C=O) groups excluding carboxylic acids is 1. The van der Waals surface area contributed by atoms with Crippen LogP contribution in [0.1, 0.15) is 24.0 Å². The first-order valence-electron chi connectivity index (χ1n) is 9.72. The summed E-state index contributed by atoms with van der Waals surface area (Å²) < 4.78 is 7.52. The van der Waals surface area contributed by atoms with Crippen molar-refractivity contribution in [2.24, 2.45) is 13.0 Å². The van der Waals surface area contributed by atoms with Crippen molar-refractivity contribution in [3.05, 3.63) is 65.7 Å². The van der Waals surface area contributed by atoms with E-state index in [4.69, 9.17) is 4.74 Å². The van der Waals surface area contributed by atoms with E-state index in [1.807, 2.05) is 43.4 Å². The Bertz CT molecular complexity index is 1070. The van der Waals surface area contributed by atoms with Gasteiger partial charge >= 0.3 is 0 Å². The molecule has 142 valence electrons. The highest BCUT2D eigenvalue weighted by Crippen LogP contribution is 2.60. The van der Waals surface area contributed by atoms with Crippen LogP contribution in [0.4, 0.5) is 5.82 Å². The average molecular weight is 373 g/mol. The first-order valence-corrected chi connectivity index (χ1v) is 9.72. The zero-order valence-electron chi connectivity index (χ0n) is 16.1. The molecule has 1 spiro atoms. The number of hydrogen-bond donors (Lipinski definition) is 1. The minimum absolute atomic E-state index is 0.0191. The number of aryl methyl sites for hydroxylation is 2. The van der Waals surface area contributed by atoms with E-state index in [-0.39, 0.29) is 17.2 Å². The Hall–Kier alpha value is -3.08. The van der Waals surface area contributed by atoms with Gasteiger partial charge in [-0.1, -0.05) is 42.5 Å². The van der Waals surface area contributed by atoms with Crippen LogP contribution in [0.3, 0.4) is 0 Å². The molecule has 1 amide bonds. The van der Waals surface area contributed by atoms with E-state index < -0.39 is 0 Å². The maximum Gasteiger partial charge on any atom is 0.229 e. The van der Waals surface area contributed by atoms with E-state index in [1.54, 1.807) is 4.68 Å². The monoisotopic (exact) mass is 373 g/mol. The smallest absolute Gasteiger partial charge is 0.229 e. The van der Waals surface area contributed by atoms with Crippen LogP contribution in [-0.4, -0.2) is 22.3 Å². The summed E-state index contributed by atoms with van der Waals surface area (Å²) in [5.74, 6) is 1.70. The summed E-state index contributed by atoms with van der Waals surface area (Å²) in [7, 11) is 1.86. The lowest BCUT2D eigenvalue weighted by Gasteiger charge is -2.26. The highest BCUT2D eigenvalue weighted by Gasteiger charge is 2.61. The molecule has 1 N–H and O–H groups in total. The van der Waals surface area contributed by atoms with E-state index >= 15 is 0 Å². The largest absolute Gasteiger partial charge is 0.493 e. The zero-order valence-corrected chi connectivity index (χ0v) is 16.1. The topological polar surface area (TPSA) is 56.1 Å². The van der Waals surface area contributed by atoms with Crippen LogP contribution in [0.15, 0.2) is 54.6 Å². The van der Waals surface area contributed by atoms with E-state index in [9.17, 15) is 4.79 Å². The van der Waals surface area contributed by atoms with Gasteiger partial charge in [0.05, 0.1) is 12.3 Å². The summed E-state index contributed by atoms with van der Waals surface area (Å²) in [6.07, 6.45) is 1.77. The van der Waals surface area contributed by atoms with Gasteiger partial charge in [-0.2, -0.15) is 5.10 Å². The summed E-state index contributed by atoms with van der Waals surface area (Å²) in [6, 6.07) is 18.2. The summed E-state index contributed by atoms with van der Waals surface area (Å²) in [5.41, 5.74) is 4.22. The number of para-hydroxylation sites is 1. The van der Waals surface area contributed by atoms with E-state index in [0.29, 0.717) is 6.61 Å². The lowest BCUT2D eigenvalue weighted by atomic mass is 9.87. The number of nitrogens with one attached hydrogen (secondary N) is 1. The van der Waals surface area contributed by atoms with Gasteiger partial charge in [-0.15, -0.1) is 0 Å². The average Bonchev–Trinajstić information content (AvgIpc) is 3.31. The van der Waals surface area contributed by atoms with Gasteiger partial charge in [-0.25, -0.2) is 0 Å². The van der Waals surface area contributed by atoms with Crippen molar-refractivity contribution in [3.8, 4) is 17.0 Å². The number of hydrogen-bond acceptors (Lipinski definition) is 3. The molecule has 5 rings (SSSR count). The zero-order chi connectivity index (χ0) is 19.3. The Balaban J connectivity index is 1.38. The molecule has 1 fully saturated rings. The fourth-order valence-corrected chi connectivity index (χ4v) is 4.49. The van der Waals surface area contributed by atoms with E-state index in [2.05, 4.69) is 35.5 Å². The number of ether oxygens (including phenoxy) is 1. The molecule has 5 heteroatoms. The fraction of sp³-hybridized carbons (Fsp3) is 0.304. The van der Waals surface area contributed by atoms with Crippen LogP contribution in [0, 0.1) is 12.8 Å². The molecular weight excluding hydrogens is 350 g/mol. The van der Waals surface area contributed by atoms with E-state index in [0.717, 1.165) is 35.7 Å². The van der Waals surface area contributed by atoms with Gasteiger partial charge < -0.3 is 10.1 Å². The molecule has 0 radical (unpaired) electrons. The van der Waals surface area contributed by atoms with Crippen molar-refractivity contribution in [2.75, 3.05) is 11.9 Å². The summed E-state index contributed by atoms with van der Waals surface area (Å²) in [6.45, 7) is 2.74. The number of fused-ring (bicyclic) bond motifs is 2. The number of rotatable bonds is 3. The van der Waals surface area contributed by atoms with Crippen molar-refractivity contribution in [1.29, 1.82) is 0 Å². The van der Waals surface area contributed by atoms with Crippen molar-refractivity contribution in [2.45, 2.75) is 25.2 Å². The molecule has 0 saturated heterocycles. The van der Waals surface area contributed by atoms with Crippen molar-refractivity contribution in [1.82, 2.24) is 9.78 Å². The van der Waals surface area contributed by atoms with Crippen LogP contribution >= 0.6 is 0 Å². The number of anilines is 1. The minimum Gasteiger partial charge on any atom is -0.493 e. The number of nitrogens with zero attached hydrogens (tertiary/aromatic N) is 2. The van der Waals surface area contributed by atoms with Crippen LogP contribution in [0.2, 0.25) is 0 Å². The third-order valence-corrected chi connectivity index (χ3v) is 6.17. The van der Waals surface area contributed by atoms with Gasteiger partial charge in [0.2, 0.25) is 5.91 Å². The fourth-order valence-electron chi connectivity index (χ4n) is 4.49. The molecule has 1 saturated carbocycles. The van der Waals surface area contributed by atoms with Crippen molar-refractivity contribution >= 4 is 11.7 Å². The second kappa shape index (κ2) is 6.23. The van der Waals surface area contributed by atoms with Crippen molar-refractivity contribution in [3.63, 3.8) is 0 Å². The molecule has 0 bridgehead atoms. The lowest BCUT2D eigenvalue weighted by Crippen LogP contribution is -2.27. The molecule has 1 aromatic heterocycles. The number of amides is 1. The van der Waals surface area contributed by atoms with Crippen molar-refractivity contribution < 1.29 is 9.53 Å². The summed E-state index contributed by atoms with van der Waals surface area (Å²) in [4.78, 5) is 13.0. The van der Waals surface area contributed by atoms with Gasteiger partial charge in [-0.05, 0) is 31.4 Å². The minimum atomic E-state index is -0.0730. The summed E-state index contributed by atoms with van der Waals surface area (Å²) >= 11 is 0. The SMILES string of the molecule is Cc1ccccc1-c1cc(NC(=O)C2CC23CCOc2ccccc23)n(C)n1. The Labute approximate surface area is 164 Å². The van der Waals surface area contributed by atoms with Crippen LogP contribution in [-0.2, 0) is 17.3 Å². The Kier molecular flexibility index (Phi) is 3.79. The first-order chi connectivity index (χ1) is 13.6. The molecule has 1 aliphatic carbocycles. The second-order valence-electron chi connectivity index (χ2n) is 7.85. The molecule has 2 aliphatic rings. The number of aromatic nitrogens is 2. The maximum absolute atomic E-state index is 13.0. The molecule has 28 heavy (non-hydrogen) atoms. The molecular formula is C23H23N3O2. The van der Waals surface area contributed by atoms with Crippen LogP contribution in [0.5, 0.6) is 5.75 Å². The Morgan fingerprint density at radius 1 is 1.21 bits per heavy atom. The highest BCUT2D eigenvalue weighted by atomic mass is 16.5. The molecule has 2 aromatic carbocycles. The number of carbonyl (C=O) groups is 1. The van der Waals surface area contributed by atoms with Gasteiger partial charge in [-0.3, -0.25) is 9.48 Å². The summed E-state index contributed by atoms with van der Waals surface area (Å²) in [5, 5.41) is 7.70. The first kappa shape index (κ1) is 17.0. The predicted octanol–water partition coefficient (Wildman–Crippen LogP) is 4.07. The molecule has 2 unspecified atom stereocenters. The quantitative estimate of drug-likeness (QED) is 0.753. The molecule has 3 aromatic rings. The maximum atomic E-state index is 13.0. The van der Waals surface area contributed by atoms with Gasteiger partial charge in [0.15, 0.2) is 0 Å². The second-order valence-corrected chi connectivity index (χ2v) is 7.85. The standard InChI is InChI=1S/C23H23N3O2/c1-15-7-3-4-8-16(15)19-13-21(26(2)25-19)24-22(27)18-14-23(18)11-12-28-20-10-6-5-9-17(20)23/h3-10,13,18H,11-12,14H2,1-2H3,(H,24,27). The third-order valence-electron chi connectivity index (χ3n) is 6.17. The Morgan fingerprint density at radius 2 is 2.00 bits per heavy atom. The van der Waals surface area contributed by atoms with Crippen LogP contribution in [0.25, 0.3) is 11.3 Å². The predicted molar refractivity (Wildman–Crippen MR) is 108 cm³/mol. The van der Waals surface area contributed by atoms with Gasteiger partial charge in [0.25, 0.3) is 0 Å². The normalized spacial score (nSPS) is 22.4. The van der Waals surface area contributed by atoms with Crippen LogP contribution < -0.4 is 10.1 Å². The molecule has 5 nitrogen and oxygen atoms in total. The molecule has 2 atom stereocenters. The number of benzene rings is 2. The van der Waals surface area contributed by atoms with Gasteiger partial charge in [0, 0.05) is 35.6 Å². The molecule has 2 heterocycles. The lowest BCUT2D eigenvalue weighted by molar-refractivity contribution is -0.117. The highest BCUT2D eigenvalue weighted by molar-refractivity contribution is 5.96. The van der Waals surface area contributed by atoms with E-state index in [1.165, 1.54) is 11.1 Å². The molecule has 1 aliphatic heterocycles. The van der Waals surface area contributed by atoms with Gasteiger partial charge in [0.1, 0.15) is 11.6 Å².